The van der Waals surface area contributed by atoms with Crippen LogP contribution in [0.2, 0.25) is 0 Å². The minimum atomic E-state index is 0.789. The molecule has 1 aromatic carbocycles. The Morgan fingerprint density at radius 1 is 1.24 bits per heavy atom. The number of H-pyrrole nitrogens is 2. The minimum Gasteiger partial charge on any atom is -0.397 e. The number of benzene rings is 1. The molecular formula is C14H15N3. The number of rotatable bonds is 2. The molecular weight excluding hydrogens is 210 g/mol. The van der Waals surface area contributed by atoms with E-state index >= 15 is 0 Å². The second-order valence-electron chi connectivity index (χ2n) is 4.41. The Labute approximate surface area is 99.7 Å². The normalized spacial score (nSPS) is 11.1. The predicted octanol–water partition coefficient (Wildman–Crippen LogP) is 2.98. The highest BCUT2D eigenvalue weighted by Crippen LogP contribution is 2.24. The molecule has 0 fully saturated rings. The van der Waals surface area contributed by atoms with Crippen LogP contribution in [0.4, 0.5) is 5.69 Å². The second kappa shape index (κ2) is 3.70. The van der Waals surface area contributed by atoms with Crippen LogP contribution in [0.1, 0.15) is 17.0 Å². The molecule has 86 valence electrons. The topological polar surface area (TPSA) is 57.6 Å². The third-order valence-corrected chi connectivity index (χ3v) is 3.16. The molecule has 3 rings (SSSR count). The summed E-state index contributed by atoms with van der Waals surface area (Å²) in [6, 6.07) is 10.4. The Bertz CT molecular complexity index is 661. The molecule has 0 radical (unpaired) electrons. The van der Waals surface area contributed by atoms with Gasteiger partial charge in [0.25, 0.3) is 0 Å². The Balaban J connectivity index is 2.08. The third kappa shape index (κ3) is 1.69. The number of aryl methyl sites for hydroxylation is 1. The van der Waals surface area contributed by atoms with Gasteiger partial charge in [0.1, 0.15) is 0 Å². The first-order valence-electron chi connectivity index (χ1n) is 5.73. The van der Waals surface area contributed by atoms with Gasteiger partial charge < -0.3 is 15.7 Å². The highest BCUT2D eigenvalue weighted by atomic mass is 14.7. The summed E-state index contributed by atoms with van der Waals surface area (Å²) in [4.78, 5) is 6.61. The lowest BCUT2D eigenvalue weighted by molar-refractivity contribution is 1.09. The zero-order valence-corrected chi connectivity index (χ0v) is 9.75. The Kier molecular flexibility index (Phi) is 2.18. The van der Waals surface area contributed by atoms with Crippen molar-refractivity contribution >= 4 is 16.6 Å². The third-order valence-electron chi connectivity index (χ3n) is 3.16. The number of nitrogens with two attached hydrogens (primary N) is 1. The molecule has 0 unspecified atom stereocenters. The number of anilines is 1. The van der Waals surface area contributed by atoms with Crippen LogP contribution in [0, 0.1) is 6.92 Å². The van der Waals surface area contributed by atoms with E-state index in [-0.39, 0.29) is 0 Å². The number of hydrogen-bond acceptors (Lipinski definition) is 1. The molecule has 0 spiro atoms. The molecule has 4 N–H and O–H groups in total. The van der Waals surface area contributed by atoms with Crippen LogP contribution in [0.15, 0.2) is 36.5 Å². The van der Waals surface area contributed by atoms with E-state index in [1.165, 1.54) is 22.2 Å². The molecule has 2 aromatic heterocycles. The zero-order chi connectivity index (χ0) is 11.8. The summed E-state index contributed by atoms with van der Waals surface area (Å²) in [5, 5.41) is 1.29. The van der Waals surface area contributed by atoms with Crippen molar-refractivity contribution in [2.24, 2.45) is 0 Å². The van der Waals surface area contributed by atoms with E-state index in [9.17, 15) is 0 Å². The molecule has 3 nitrogen and oxygen atoms in total. The van der Waals surface area contributed by atoms with Crippen molar-refractivity contribution in [3.8, 4) is 0 Å². The van der Waals surface area contributed by atoms with Crippen molar-refractivity contribution in [1.29, 1.82) is 0 Å². The number of aromatic nitrogens is 2. The van der Waals surface area contributed by atoms with Crippen molar-refractivity contribution in [1.82, 2.24) is 9.97 Å². The monoisotopic (exact) mass is 225 g/mol. The van der Waals surface area contributed by atoms with Crippen LogP contribution in [0.5, 0.6) is 0 Å². The van der Waals surface area contributed by atoms with E-state index in [0.29, 0.717) is 0 Å². The van der Waals surface area contributed by atoms with Crippen LogP contribution < -0.4 is 5.73 Å². The van der Waals surface area contributed by atoms with Crippen molar-refractivity contribution in [3.63, 3.8) is 0 Å². The number of nitrogen functional groups attached to an aromatic ring is 1. The fourth-order valence-corrected chi connectivity index (χ4v) is 2.32. The van der Waals surface area contributed by atoms with E-state index < -0.39 is 0 Å². The average Bonchev–Trinajstić information content (AvgIpc) is 2.85. The number of nitrogens with one attached hydrogen (secondary N) is 2. The average molecular weight is 225 g/mol. The summed E-state index contributed by atoms with van der Waals surface area (Å²) in [7, 11) is 0. The highest BCUT2D eigenvalue weighted by molar-refractivity contribution is 5.84. The van der Waals surface area contributed by atoms with Gasteiger partial charge in [-0.3, -0.25) is 0 Å². The molecule has 17 heavy (non-hydrogen) atoms. The van der Waals surface area contributed by atoms with E-state index in [2.05, 4.69) is 41.2 Å². The maximum Gasteiger partial charge on any atom is 0.0494 e. The summed E-state index contributed by atoms with van der Waals surface area (Å²) >= 11 is 0. The van der Waals surface area contributed by atoms with E-state index in [1.54, 1.807) is 0 Å². The van der Waals surface area contributed by atoms with Gasteiger partial charge in [0, 0.05) is 40.6 Å². The van der Waals surface area contributed by atoms with Crippen LogP contribution in [0.25, 0.3) is 10.9 Å². The molecule has 3 heteroatoms. The number of para-hydroxylation sites is 1. The van der Waals surface area contributed by atoms with Gasteiger partial charge in [-0.2, -0.15) is 0 Å². The van der Waals surface area contributed by atoms with Crippen LogP contribution in [0.3, 0.4) is 0 Å². The quantitative estimate of drug-likeness (QED) is 0.617. The van der Waals surface area contributed by atoms with Gasteiger partial charge in [-0.25, -0.2) is 0 Å². The molecule has 0 saturated heterocycles. The first kappa shape index (κ1) is 10.0. The first-order chi connectivity index (χ1) is 8.24. The maximum absolute atomic E-state index is 5.72. The van der Waals surface area contributed by atoms with Crippen LogP contribution in [-0.4, -0.2) is 9.97 Å². The van der Waals surface area contributed by atoms with E-state index in [0.717, 1.165) is 17.8 Å². The summed E-state index contributed by atoms with van der Waals surface area (Å²) < 4.78 is 0. The van der Waals surface area contributed by atoms with Crippen LogP contribution >= 0.6 is 0 Å². The van der Waals surface area contributed by atoms with Gasteiger partial charge in [0.15, 0.2) is 0 Å². The molecule has 0 amide bonds. The minimum absolute atomic E-state index is 0.789. The van der Waals surface area contributed by atoms with Crippen LogP contribution in [-0.2, 0) is 6.42 Å². The lowest BCUT2D eigenvalue weighted by Crippen LogP contribution is -1.89. The SMILES string of the molecule is Cc1[nH]c2ccccc2c1Cc1cc(N)c[nH]1. The molecule has 0 atom stereocenters. The van der Waals surface area contributed by atoms with Crippen molar-refractivity contribution in [3.05, 3.63) is 53.5 Å². The number of hydrogen-bond donors (Lipinski definition) is 3. The summed E-state index contributed by atoms with van der Waals surface area (Å²) in [6.07, 6.45) is 2.71. The molecule has 2 heterocycles. The standard InChI is InChI=1S/C14H15N3/c1-9-13(7-11-6-10(15)8-16-11)12-4-2-3-5-14(12)17-9/h2-6,8,16-17H,7,15H2,1H3. The zero-order valence-electron chi connectivity index (χ0n) is 9.75. The fraction of sp³-hybridized carbons (Fsp3) is 0.143. The lowest BCUT2D eigenvalue weighted by Gasteiger charge is -1.99. The lowest BCUT2D eigenvalue weighted by atomic mass is 10.1. The van der Waals surface area contributed by atoms with Gasteiger partial charge in [0.2, 0.25) is 0 Å². The molecule has 0 aliphatic rings. The van der Waals surface area contributed by atoms with Gasteiger partial charge in [-0.1, -0.05) is 18.2 Å². The highest BCUT2D eigenvalue weighted by Gasteiger charge is 2.09. The first-order valence-corrected chi connectivity index (χ1v) is 5.73. The molecule has 3 aromatic rings. The van der Waals surface area contributed by atoms with Gasteiger partial charge in [-0.15, -0.1) is 0 Å². The molecule has 0 bridgehead atoms. The van der Waals surface area contributed by atoms with Crippen molar-refractivity contribution in [2.45, 2.75) is 13.3 Å². The smallest absolute Gasteiger partial charge is 0.0494 e. The van der Waals surface area contributed by atoms with Gasteiger partial charge >= 0.3 is 0 Å². The molecule has 0 saturated carbocycles. The fourth-order valence-electron chi connectivity index (χ4n) is 2.32. The largest absolute Gasteiger partial charge is 0.397 e. The summed E-state index contributed by atoms with van der Waals surface area (Å²) in [5.74, 6) is 0. The Morgan fingerprint density at radius 2 is 2.06 bits per heavy atom. The van der Waals surface area contributed by atoms with Gasteiger partial charge in [0.05, 0.1) is 0 Å². The Morgan fingerprint density at radius 3 is 2.82 bits per heavy atom. The summed E-state index contributed by atoms with van der Waals surface area (Å²) in [6.45, 7) is 2.11. The second-order valence-corrected chi connectivity index (χ2v) is 4.41. The van der Waals surface area contributed by atoms with E-state index in [1.807, 2.05) is 12.3 Å². The van der Waals surface area contributed by atoms with Crippen molar-refractivity contribution in [2.75, 3.05) is 5.73 Å². The molecule has 0 aliphatic carbocycles. The predicted molar refractivity (Wildman–Crippen MR) is 71.0 cm³/mol. The van der Waals surface area contributed by atoms with E-state index in [4.69, 9.17) is 5.73 Å². The molecule has 0 aliphatic heterocycles. The van der Waals surface area contributed by atoms with Crippen molar-refractivity contribution < 1.29 is 0 Å². The maximum atomic E-state index is 5.72. The number of fused-ring (bicyclic) bond motifs is 1. The summed E-state index contributed by atoms with van der Waals surface area (Å²) in [5.41, 5.74) is 11.4. The van der Waals surface area contributed by atoms with Gasteiger partial charge in [-0.05, 0) is 24.6 Å². The Hall–Kier alpha value is -2.16. The number of aromatic amines is 2.